The molecule has 1 saturated heterocycles. The van der Waals surface area contributed by atoms with Gasteiger partial charge in [0.1, 0.15) is 11.6 Å². The first-order chi connectivity index (χ1) is 16.1. The standard InChI is InChI=1S/C24H40BN5O5/c1-15(28-21(32)33-22(2,3)4)19(31)29-17-9-11-18(12-10-17)30-20-26-13-16(14-27-20)25-34-23(5,6)24(7,8)35-25/h13-15,17-18H,9-12H2,1-8H3,(H,28,32)(H,29,31)(H,26,27,30)/t15-,17?,18?/m1/s1. The van der Waals surface area contributed by atoms with E-state index in [2.05, 4.69) is 25.9 Å². The zero-order chi connectivity index (χ0) is 26.0. The molecule has 1 aromatic heterocycles. The van der Waals surface area contributed by atoms with Crippen molar-refractivity contribution in [2.45, 2.75) is 116 Å². The van der Waals surface area contributed by atoms with Crippen LogP contribution in [0.25, 0.3) is 0 Å². The number of rotatable bonds is 6. The van der Waals surface area contributed by atoms with Crippen LogP contribution in [0.3, 0.4) is 0 Å². The summed E-state index contributed by atoms with van der Waals surface area (Å²) >= 11 is 0. The Morgan fingerprint density at radius 3 is 2.06 bits per heavy atom. The molecule has 1 aliphatic heterocycles. The quantitative estimate of drug-likeness (QED) is 0.521. The lowest BCUT2D eigenvalue weighted by Crippen LogP contribution is -2.50. The molecule has 0 radical (unpaired) electrons. The minimum absolute atomic E-state index is 0.0649. The molecule has 1 aliphatic carbocycles. The van der Waals surface area contributed by atoms with Gasteiger partial charge in [0.05, 0.1) is 11.2 Å². The van der Waals surface area contributed by atoms with Crippen LogP contribution in [-0.4, -0.2) is 64.0 Å². The van der Waals surface area contributed by atoms with Crippen molar-refractivity contribution >= 4 is 30.5 Å². The fourth-order valence-electron chi connectivity index (χ4n) is 3.95. The predicted octanol–water partition coefficient (Wildman–Crippen LogP) is 2.53. The third kappa shape index (κ3) is 7.30. The van der Waals surface area contributed by atoms with E-state index in [1.807, 2.05) is 27.7 Å². The molecule has 3 rings (SSSR count). The molecule has 0 aromatic carbocycles. The van der Waals surface area contributed by atoms with Crippen molar-refractivity contribution in [2.24, 2.45) is 0 Å². The second-order valence-corrected chi connectivity index (χ2v) is 11.5. The first-order valence-electron chi connectivity index (χ1n) is 12.4. The van der Waals surface area contributed by atoms with E-state index in [9.17, 15) is 9.59 Å². The van der Waals surface area contributed by atoms with Gasteiger partial charge >= 0.3 is 13.2 Å². The van der Waals surface area contributed by atoms with Gasteiger partial charge in [0.15, 0.2) is 0 Å². The summed E-state index contributed by atoms with van der Waals surface area (Å²) in [6, 6.07) is -0.380. The maximum absolute atomic E-state index is 12.5. The Morgan fingerprint density at radius 1 is 1.03 bits per heavy atom. The number of hydrogen-bond acceptors (Lipinski definition) is 8. The van der Waals surface area contributed by atoms with Gasteiger partial charge in [-0.15, -0.1) is 0 Å². The topological polar surface area (TPSA) is 124 Å². The maximum Gasteiger partial charge on any atom is 0.498 e. The average Bonchev–Trinajstić information content (AvgIpc) is 2.95. The summed E-state index contributed by atoms with van der Waals surface area (Å²) < 4.78 is 17.3. The fraction of sp³-hybridized carbons (Fsp3) is 0.750. The van der Waals surface area contributed by atoms with Crippen LogP contribution in [-0.2, 0) is 18.8 Å². The monoisotopic (exact) mass is 489 g/mol. The Kier molecular flexibility index (Phi) is 8.01. The zero-order valence-corrected chi connectivity index (χ0v) is 22.2. The Balaban J connectivity index is 1.42. The van der Waals surface area contributed by atoms with Gasteiger partial charge in [-0.3, -0.25) is 4.79 Å². The second kappa shape index (κ2) is 10.3. The van der Waals surface area contributed by atoms with Gasteiger partial charge in [-0.2, -0.15) is 0 Å². The van der Waals surface area contributed by atoms with Crippen molar-refractivity contribution < 1.29 is 23.6 Å². The van der Waals surface area contributed by atoms with Crippen LogP contribution in [0.1, 0.15) is 81.1 Å². The van der Waals surface area contributed by atoms with E-state index in [-0.39, 0.29) is 18.0 Å². The van der Waals surface area contributed by atoms with Crippen LogP contribution in [0.15, 0.2) is 12.4 Å². The minimum atomic E-state index is -0.670. The van der Waals surface area contributed by atoms with Crippen LogP contribution in [0.5, 0.6) is 0 Å². The molecule has 2 aliphatic rings. The summed E-state index contributed by atoms with van der Waals surface area (Å²) in [6.45, 7) is 15.1. The third-order valence-corrected chi connectivity index (χ3v) is 6.73. The average molecular weight is 489 g/mol. The van der Waals surface area contributed by atoms with Gasteiger partial charge in [-0.05, 0) is 81.1 Å². The van der Waals surface area contributed by atoms with Crippen molar-refractivity contribution in [1.82, 2.24) is 20.6 Å². The van der Waals surface area contributed by atoms with Crippen LogP contribution >= 0.6 is 0 Å². The Labute approximate surface area is 208 Å². The Bertz CT molecular complexity index is 879. The normalized spacial score (nSPS) is 24.4. The molecule has 3 N–H and O–H groups in total. The largest absolute Gasteiger partial charge is 0.498 e. The number of nitrogens with one attached hydrogen (secondary N) is 3. The van der Waals surface area contributed by atoms with E-state index in [0.29, 0.717) is 5.95 Å². The highest BCUT2D eigenvalue weighted by Gasteiger charge is 2.52. The number of carbonyl (C=O) groups is 2. The van der Waals surface area contributed by atoms with E-state index in [0.717, 1.165) is 31.1 Å². The molecule has 2 heterocycles. The van der Waals surface area contributed by atoms with E-state index in [1.165, 1.54) is 0 Å². The van der Waals surface area contributed by atoms with Crippen molar-refractivity contribution in [2.75, 3.05) is 5.32 Å². The summed E-state index contributed by atoms with van der Waals surface area (Å²) in [7, 11) is -0.486. The van der Waals surface area contributed by atoms with Crippen molar-refractivity contribution in [3.05, 3.63) is 12.4 Å². The molecule has 0 unspecified atom stereocenters. The molecule has 2 fully saturated rings. The summed E-state index contributed by atoms with van der Waals surface area (Å²) in [5.41, 5.74) is -0.644. The molecular formula is C24H40BN5O5. The molecule has 194 valence electrons. The van der Waals surface area contributed by atoms with Crippen molar-refractivity contribution in [3.63, 3.8) is 0 Å². The van der Waals surface area contributed by atoms with Crippen LogP contribution < -0.4 is 21.4 Å². The summed E-state index contributed by atoms with van der Waals surface area (Å²) in [4.78, 5) is 33.3. The molecule has 1 atom stereocenters. The SMILES string of the molecule is C[C@@H](NC(=O)OC(C)(C)C)C(=O)NC1CCC(Nc2ncc(B3OC(C)(C)C(C)(C)O3)cn2)CC1. The fourth-order valence-corrected chi connectivity index (χ4v) is 3.95. The van der Waals surface area contributed by atoms with Gasteiger partial charge in [0.25, 0.3) is 0 Å². The smallest absolute Gasteiger partial charge is 0.444 e. The summed E-state index contributed by atoms with van der Waals surface area (Å²) in [5.74, 6) is 0.349. The molecule has 1 saturated carbocycles. The zero-order valence-electron chi connectivity index (χ0n) is 22.2. The first kappa shape index (κ1) is 27.2. The number of aromatic nitrogens is 2. The molecule has 2 amide bonds. The molecule has 0 spiro atoms. The van der Waals surface area contributed by atoms with Crippen LogP contribution in [0.4, 0.5) is 10.7 Å². The van der Waals surface area contributed by atoms with Gasteiger partial charge in [-0.1, -0.05) is 0 Å². The molecule has 10 nitrogen and oxygen atoms in total. The summed E-state index contributed by atoms with van der Waals surface area (Å²) in [5, 5.41) is 8.99. The maximum atomic E-state index is 12.5. The van der Waals surface area contributed by atoms with Gasteiger partial charge in [0, 0.05) is 29.9 Å². The lowest BCUT2D eigenvalue weighted by atomic mass is 9.81. The highest BCUT2D eigenvalue weighted by atomic mass is 16.7. The highest BCUT2D eigenvalue weighted by Crippen LogP contribution is 2.36. The van der Waals surface area contributed by atoms with Crippen molar-refractivity contribution in [3.8, 4) is 0 Å². The minimum Gasteiger partial charge on any atom is -0.444 e. The van der Waals surface area contributed by atoms with Crippen LogP contribution in [0.2, 0.25) is 0 Å². The lowest BCUT2D eigenvalue weighted by Gasteiger charge is -2.32. The number of amides is 2. The Morgan fingerprint density at radius 2 is 1.54 bits per heavy atom. The molecule has 11 heteroatoms. The number of alkyl carbamates (subject to hydrolysis) is 1. The molecular weight excluding hydrogens is 449 g/mol. The molecule has 1 aromatic rings. The van der Waals surface area contributed by atoms with Gasteiger partial charge < -0.3 is 30.0 Å². The molecule has 0 bridgehead atoms. The van der Waals surface area contributed by atoms with Gasteiger partial charge in [0.2, 0.25) is 11.9 Å². The van der Waals surface area contributed by atoms with E-state index in [1.54, 1.807) is 40.1 Å². The number of nitrogens with zero attached hydrogens (tertiary/aromatic N) is 2. The highest BCUT2D eigenvalue weighted by molar-refractivity contribution is 6.61. The molecule has 35 heavy (non-hydrogen) atoms. The predicted molar refractivity (Wildman–Crippen MR) is 134 cm³/mol. The Hall–Kier alpha value is -2.40. The first-order valence-corrected chi connectivity index (χ1v) is 12.4. The number of anilines is 1. The van der Waals surface area contributed by atoms with Crippen molar-refractivity contribution in [1.29, 1.82) is 0 Å². The van der Waals surface area contributed by atoms with E-state index < -0.39 is 36.1 Å². The number of carbonyl (C=O) groups excluding carboxylic acids is 2. The number of ether oxygens (including phenoxy) is 1. The lowest BCUT2D eigenvalue weighted by molar-refractivity contribution is -0.123. The summed E-state index contributed by atoms with van der Waals surface area (Å²) in [6.07, 6.45) is 6.29. The second-order valence-electron chi connectivity index (χ2n) is 11.5. The number of hydrogen-bond donors (Lipinski definition) is 3. The van der Waals surface area contributed by atoms with E-state index in [4.69, 9.17) is 14.0 Å². The van der Waals surface area contributed by atoms with Gasteiger partial charge in [-0.25, -0.2) is 14.8 Å². The van der Waals surface area contributed by atoms with E-state index >= 15 is 0 Å². The van der Waals surface area contributed by atoms with Crippen LogP contribution in [0, 0.1) is 0 Å². The third-order valence-electron chi connectivity index (χ3n) is 6.73.